The van der Waals surface area contributed by atoms with Crippen molar-refractivity contribution in [2.45, 2.75) is 0 Å². The van der Waals surface area contributed by atoms with Crippen LogP contribution in [0.3, 0.4) is 0 Å². The molecule has 0 bridgehead atoms. The zero-order valence-electron chi connectivity index (χ0n) is 8.86. The van der Waals surface area contributed by atoms with Crippen molar-refractivity contribution in [2.75, 3.05) is 6.64 Å². The maximum absolute atomic E-state index is 11.9. The Morgan fingerprint density at radius 2 is 2.06 bits per heavy atom. The van der Waals surface area contributed by atoms with Crippen LogP contribution in [0.15, 0.2) is 40.8 Å². The standard InChI is InChI=1S/C11H7ClI2N2O2/c12-7-2-1-3-8(6-7)15-11(17)9-4-5-10(18-9)16(13)14/h1-6H,(H,15,17). The van der Waals surface area contributed by atoms with Crippen LogP contribution in [0.4, 0.5) is 11.6 Å². The van der Waals surface area contributed by atoms with E-state index in [0.29, 0.717) is 16.6 Å². The highest BCUT2D eigenvalue weighted by atomic mass is 127. The van der Waals surface area contributed by atoms with Gasteiger partial charge in [-0.3, -0.25) is 4.79 Å². The summed E-state index contributed by atoms with van der Waals surface area (Å²) in [4.78, 5) is 11.9. The summed E-state index contributed by atoms with van der Waals surface area (Å²) in [6.45, 7) is 0. The average molecular weight is 488 g/mol. The second kappa shape index (κ2) is 6.11. The summed E-state index contributed by atoms with van der Waals surface area (Å²) in [5.74, 6) is 0.550. The summed E-state index contributed by atoms with van der Waals surface area (Å²) in [5.41, 5.74) is 0.631. The lowest BCUT2D eigenvalue weighted by Gasteiger charge is -2.04. The van der Waals surface area contributed by atoms with Crippen LogP contribution >= 0.6 is 57.3 Å². The highest BCUT2D eigenvalue weighted by Gasteiger charge is 2.13. The van der Waals surface area contributed by atoms with Gasteiger partial charge >= 0.3 is 0 Å². The Labute approximate surface area is 137 Å². The van der Waals surface area contributed by atoms with Crippen molar-refractivity contribution < 1.29 is 9.21 Å². The van der Waals surface area contributed by atoms with Gasteiger partial charge in [0.05, 0.1) is 45.7 Å². The van der Waals surface area contributed by atoms with Gasteiger partial charge in [-0.05, 0) is 24.3 Å². The zero-order chi connectivity index (χ0) is 13.1. The van der Waals surface area contributed by atoms with Gasteiger partial charge in [-0.25, -0.2) is 1.33 Å². The van der Waals surface area contributed by atoms with Gasteiger partial charge in [0.1, 0.15) is 0 Å². The summed E-state index contributed by atoms with van der Waals surface area (Å²) in [6, 6.07) is 10.3. The Morgan fingerprint density at radius 3 is 2.67 bits per heavy atom. The number of nitrogens with zero attached hydrogens (tertiary/aromatic N) is 1. The molecule has 0 aliphatic carbocycles. The van der Waals surface area contributed by atoms with E-state index in [1.54, 1.807) is 37.7 Å². The van der Waals surface area contributed by atoms with Crippen molar-refractivity contribution in [1.82, 2.24) is 0 Å². The molecule has 2 rings (SSSR count). The minimum atomic E-state index is -0.307. The SMILES string of the molecule is O=C(Nc1cccc(Cl)c1)c1ccc(N(I)I)o1. The van der Waals surface area contributed by atoms with E-state index in [1.165, 1.54) is 0 Å². The fourth-order valence-corrected chi connectivity index (χ4v) is 2.01. The summed E-state index contributed by atoms with van der Waals surface area (Å²) < 4.78 is 7.10. The lowest BCUT2D eigenvalue weighted by molar-refractivity contribution is 0.0997. The molecular weight excluding hydrogens is 481 g/mol. The van der Waals surface area contributed by atoms with Crippen LogP contribution in [0.25, 0.3) is 0 Å². The number of furan rings is 1. The lowest BCUT2D eigenvalue weighted by Crippen LogP contribution is -2.10. The van der Waals surface area contributed by atoms with Crippen molar-refractivity contribution in [1.29, 1.82) is 0 Å². The van der Waals surface area contributed by atoms with Crippen LogP contribution < -0.4 is 6.64 Å². The van der Waals surface area contributed by atoms with E-state index in [-0.39, 0.29) is 11.7 Å². The van der Waals surface area contributed by atoms with E-state index >= 15 is 0 Å². The van der Waals surface area contributed by atoms with Crippen LogP contribution in [0.2, 0.25) is 5.02 Å². The third-order valence-electron chi connectivity index (χ3n) is 2.06. The second-order valence-electron chi connectivity index (χ2n) is 3.34. The number of halogens is 3. The minimum Gasteiger partial charge on any atom is -0.434 e. The quantitative estimate of drug-likeness (QED) is 0.504. The molecule has 1 aromatic carbocycles. The molecule has 0 radical (unpaired) electrons. The van der Waals surface area contributed by atoms with Gasteiger partial charge in [0, 0.05) is 16.8 Å². The van der Waals surface area contributed by atoms with Gasteiger partial charge < -0.3 is 9.73 Å². The minimum absolute atomic E-state index is 0.253. The molecule has 18 heavy (non-hydrogen) atoms. The van der Waals surface area contributed by atoms with E-state index in [0.717, 1.165) is 0 Å². The molecule has 0 saturated carbocycles. The van der Waals surface area contributed by atoms with Crippen molar-refractivity contribution in [2.24, 2.45) is 0 Å². The first-order valence-electron chi connectivity index (χ1n) is 4.85. The highest BCUT2D eigenvalue weighted by Crippen LogP contribution is 2.25. The largest absolute Gasteiger partial charge is 0.434 e. The third-order valence-corrected chi connectivity index (χ3v) is 3.25. The van der Waals surface area contributed by atoms with Crippen LogP contribution in [-0.4, -0.2) is 5.91 Å². The predicted octanol–water partition coefficient (Wildman–Crippen LogP) is 4.69. The number of hydrogen-bond donors (Lipinski definition) is 1. The molecule has 0 aliphatic rings. The molecule has 0 aliphatic heterocycles. The molecule has 7 heteroatoms. The summed E-state index contributed by atoms with van der Waals surface area (Å²) in [7, 11) is 0. The molecule has 0 unspecified atom stereocenters. The molecule has 0 fully saturated rings. The molecule has 94 valence electrons. The first-order chi connectivity index (χ1) is 8.56. The van der Waals surface area contributed by atoms with E-state index in [4.69, 9.17) is 16.0 Å². The molecule has 1 amide bonds. The number of rotatable bonds is 3. The third kappa shape index (κ3) is 3.51. The molecule has 4 nitrogen and oxygen atoms in total. The van der Waals surface area contributed by atoms with Gasteiger partial charge in [-0.15, -0.1) is 0 Å². The summed E-state index contributed by atoms with van der Waals surface area (Å²) in [6.07, 6.45) is 0. The Hall–Kier alpha value is -0.480. The summed E-state index contributed by atoms with van der Waals surface area (Å²) in [5, 5.41) is 3.28. The molecular formula is C11H7ClI2N2O2. The van der Waals surface area contributed by atoms with Gasteiger partial charge in [0.25, 0.3) is 5.91 Å². The highest BCUT2D eigenvalue weighted by molar-refractivity contribution is 14.2. The van der Waals surface area contributed by atoms with Crippen molar-refractivity contribution in [3.63, 3.8) is 0 Å². The average Bonchev–Trinajstić information content (AvgIpc) is 2.78. The first kappa shape index (κ1) is 13.9. The number of carbonyl (C=O) groups excluding carboxylic acids is 1. The Morgan fingerprint density at radius 1 is 1.28 bits per heavy atom. The van der Waals surface area contributed by atoms with E-state index in [1.807, 2.05) is 0 Å². The maximum atomic E-state index is 11.9. The van der Waals surface area contributed by atoms with Gasteiger partial charge in [-0.2, -0.15) is 0 Å². The molecule has 2 aromatic rings. The number of nitrogens with one attached hydrogen (secondary N) is 1. The number of anilines is 2. The Bertz CT molecular complexity index is 572. The van der Waals surface area contributed by atoms with E-state index < -0.39 is 0 Å². The van der Waals surface area contributed by atoms with Crippen LogP contribution in [-0.2, 0) is 0 Å². The fourth-order valence-electron chi connectivity index (χ4n) is 1.30. The number of hydrogen-bond acceptors (Lipinski definition) is 3. The first-order valence-corrected chi connectivity index (χ1v) is 7.15. The number of carbonyl (C=O) groups is 1. The predicted molar refractivity (Wildman–Crippen MR) is 88.6 cm³/mol. The Balaban J connectivity index is 2.12. The lowest BCUT2D eigenvalue weighted by atomic mass is 10.3. The monoisotopic (exact) mass is 488 g/mol. The molecule has 0 atom stereocenters. The second-order valence-corrected chi connectivity index (χ2v) is 7.55. The number of benzene rings is 1. The molecule has 1 aromatic heterocycles. The van der Waals surface area contributed by atoms with E-state index in [2.05, 4.69) is 51.0 Å². The fraction of sp³-hybridized carbons (Fsp3) is 0. The van der Waals surface area contributed by atoms with Crippen LogP contribution in [0.1, 0.15) is 10.6 Å². The van der Waals surface area contributed by atoms with Crippen LogP contribution in [0.5, 0.6) is 0 Å². The zero-order valence-corrected chi connectivity index (χ0v) is 13.9. The summed E-state index contributed by atoms with van der Waals surface area (Å²) >= 11 is 9.94. The molecule has 1 heterocycles. The van der Waals surface area contributed by atoms with Crippen molar-refractivity contribution in [3.05, 3.63) is 47.2 Å². The van der Waals surface area contributed by atoms with E-state index in [9.17, 15) is 4.79 Å². The molecule has 0 spiro atoms. The topological polar surface area (TPSA) is 45.5 Å². The van der Waals surface area contributed by atoms with Crippen molar-refractivity contribution >= 4 is 74.8 Å². The van der Waals surface area contributed by atoms with Gasteiger partial charge in [0.2, 0.25) is 5.88 Å². The smallest absolute Gasteiger partial charge is 0.291 e. The molecule has 0 saturated heterocycles. The van der Waals surface area contributed by atoms with Gasteiger partial charge in [0.15, 0.2) is 5.76 Å². The molecule has 1 N–H and O–H groups in total. The van der Waals surface area contributed by atoms with Gasteiger partial charge in [-0.1, -0.05) is 17.7 Å². The normalized spacial score (nSPS) is 10.2. The van der Waals surface area contributed by atoms with Crippen LogP contribution in [0, 0.1) is 0 Å². The van der Waals surface area contributed by atoms with Crippen molar-refractivity contribution in [3.8, 4) is 0 Å². The number of amides is 1. The Kier molecular flexibility index (Phi) is 4.73. The maximum Gasteiger partial charge on any atom is 0.291 e.